The summed E-state index contributed by atoms with van der Waals surface area (Å²) < 4.78 is 20.1. The summed E-state index contributed by atoms with van der Waals surface area (Å²) in [5, 5.41) is 3.38. The number of halogens is 1. The Morgan fingerprint density at radius 1 is 1.12 bits per heavy atom. The zero-order valence-electron chi connectivity index (χ0n) is 13.9. The Labute approximate surface area is 162 Å². The number of para-hydroxylation sites is 2. The molecule has 132 valence electrons. The highest BCUT2D eigenvalue weighted by molar-refractivity contribution is 14.1. The van der Waals surface area contributed by atoms with Gasteiger partial charge in [0.2, 0.25) is 0 Å². The van der Waals surface area contributed by atoms with Gasteiger partial charge in [0, 0.05) is 13.1 Å². The van der Waals surface area contributed by atoms with Crippen LogP contribution in [-0.4, -0.2) is 32.4 Å². The first-order valence-electron chi connectivity index (χ1n) is 8.39. The van der Waals surface area contributed by atoms with E-state index in [1.54, 1.807) is 0 Å². The standard InChI is InChI=1S/C20H22INO3/c21-11-6-13-23-17-9-4-5-10-18(17)25-20(16-7-2-1-3-8-16)19-15-22-12-14-24-19/h1-11,19-20,22H,12-15H2/b11-6+/t19-,20-/m0/s1. The van der Waals surface area contributed by atoms with E-state index in [0.717, 1.165) is 30.2 Å². The van der Waals surface area contributed by atoms with Gasteiger partial charge in [-0.15, -0.1) is 0 Å². The molecule has 4 nitrogen and oxygen atoms in total. The quantitative estimate of drug-likeness (QED) is 0.644. The molecule has 0 saturated carbocycles. The maximum Gasteiger partial charge on any atom is 0.162 e. The molecular formula is C20H22INO3. The zero-order chi connectivity index (χ0) is 17.3. The molecule has 1 fully saturated rings. The lowest BCUT2D eigenvalue weighted by Gasteiger charge is -2.32. The summed E-state index contributed by atoms with van der Waals surface area (Å²) in [5.74, 6) is 1.47. The molecule has 0 radical (unpaired) electrons. The number of rotatable bonds is 7. The average molecular weight is 451 g/mol. The lowest BCUT2D eigenvalue weighted by Crippen LogP contribution is -2.43. The maximum atomic E-state index is 6.39. The van der Waals surface area contributed by atoms with Crippen LogP contribution in [0.2, 0.25) is 0 Å². The SMILES string of the molecule is I/C=C/COc1ccccc1O[C@@H](c1ccccc1)[C@@H]1CNCCO1. The second kappa shape index (κ2) is 9.79. The summed E-state index contributed by atoms with van der Waals surface area (Å²) in [5.41, 5.74) is 1.10. The first kappa shape index (κ1) is 18.2. The van der Waals surface area contributed by atoms with Crippen molar-refractivity contribution in [2.24, 2.45) is 0 Å². The third kappa shape index (κ3) is 5.20. The smallest absolute Gasteiger partial charge is 0.162 e. The molecule has 0 bridgehead atoms. The van der Waals surface area contributed by atoms with Crippen LogP contribution < -0.4 is 14.8 Å². The summed E-state index contributed by atoms with van der Waals surface area (Å²) in [6.07, 6.45) is 1.72. The van der Waals surface area contributed by atoms with Gasteiger partial charge in [-0.25, -0.2) is 0 Å². The van der Waals surface area contributed by atoms with Gasteiger partial charge in [0.25, 0.3) is 0 Å². The van der Waals surface area contributed by atoms with Crippen LogP contribution in [-0.2, 0) is 4.74 Å². The van der Waals surface area contributed by atoms with Crippen LogP contribution in [0.3, 0.4) is 0 Å². The number of ether oxygens (including phenoxy) is 3. The highest BCUT2D eigenvalue weighted by Crippen LogP contribution is 2.33. The summed E-state index contributed by atoms with van der Waals surface area (Å²) in [6.45, 7) is 2.84. The number of hydrogen-bond donors (Lipinski definition) is 1. The average Bonchev–Trinajstić information content (AvgIpc) is 2.69. The molecule has 1 heterocycles. The van der Waals surface area contributed by atoms with Crippen LogP contribution in [0.25, 0.3) is 0 Å². The minimum Gasteiger partial charge on any atom is -0.486 e. The molecule has 25 heavy (non-hydrogen) atoms. The monoisotopic (exact) mass is 451 g/mol. The molecule has 2 aromatic carbocycles. The van der Waals surface area contributed by atoms with Gasteiger partial charge in [-0.3, -0.25) is 0 Å². The van der Waals surface area contributed by atoms with E-state index < -0.39 is 0 Å². The van der Waals surface area contributed by atoms with Crippen LogP contribution in [0.5, 0.6) is 11.5 Å². The lowest BCUT2D eigenvalue weighted by molar-refractivity contribution is -0.0439. The summed E-state index contributed by atoms with van der Waals surface area (Å²) >= 11 is 2.18. The molecule has 1 aliphatic heterocycles. The molecule has 2 atom stereocenters. The maximum absolute atomic E-state index is 6.39. The van der Waals surface area contributed by atoms with Crippen LogP contribution in [0.1, 0.15) is 11.7 Å². The van der Waals surface area contributed by atoms with E-state index in [9.17, 15) is 0 Å². The van der Waals surface area contributed by atoms with E-state index in [1.807, 2.05) is 52.6 Å². The summed E-state index contributed by atoms with van der Waals surface area (Å²) in [7, 11) is 0. The normalized spacial score (nSPS) is 18.8. The molecule has 1 N–H and O–H groups in total. The van der Waals surface area contributed by atoms with Crippen molar-refractivity contribution in [1.82, 2.24) is 5.32 Å². The lowest BCUT2D eigenvalue weighted by atomic mass is 10.0. The second-order valence-electron chi connectivity index (χ2n) is 5.68. The molecule has 1 aliphatic rings. The van der Waals surface area contributed by atoms with Gasteiger partial charge in [-0.05, 0) is 27.9 Å². The highest BCUT2D eigenvalue weighted by atomic mass is 127. The van der Waals surface area contributed by atoms with Crippen LogP contribution in [0, 0.1) is 0 Å². The van der Waals surface area contributed by atoms with Crippen molar-refractivity contribution < 1.29 is 14.2 Å². The summed E-state index contributed by atoms with van der Waals surface area (Å²) in [4.78, 5) is 0. The van der Waals surface area contributed by atoms with Crippen LogP contribution in [0.15, 0.2) is 64.8 Å². The van der Waals surface area contributed by atoms with Crippen LogP contribution in [0.4, 0.5) is 0 Å². The molecule has 0 aliphatic carbocycles. The van der Waals surface area contributed by atoms with Gasteiger partial charge < -0.3 is 19.5 Å². The van der Waals surface area contributed by atoms with E-state index in [0.29, 0.717) is 13.2 Å². The Morgan fingerprint density at radius 3 is 2.60 bits per heavy atom. The zero-order valence-corrected chi connectivity index (χ0v) is 16.1. The van der Waals surface area contributed by atoms with E-state index >= 15 is 0 Å². The molecular weight excluding hydrogens is 429 g/mol. The molecule has 5 heteroatoms. The molecule has 0 unspecified atom stereocenters. The van der Waals surface area contributed by atoms with Crippen molar-refractivity contribution in [2.75, 3.05) is 26.3 Å². The Balaban J connectivity index is 1.82. The first-order valence-corrected chi connectivity index (χ1v) is 9.64. The van der Waals surface area contributed by atoms with Crippen molar-refractivity contribution in [3.63, 3.8) is 0 Å². The molecule has 0 aromatic heterocycles. The minimum atomic E-state index is -0.195. The summed E-state index contributed by atoms with van der Waals surface area (Å²) in [6, 6.07) is 18.0. The van der Waals surface area contributed by atoms with Crippen molar-refractivity contribution >= 4 is 22.6 Å². The fourth-order valence-corrected chi connectivity index (χ4v) is 2.97. The fourth-order valence-electron chi connectivity index (χ4n) is 2.76. The van der Waals surface area contributed by atoms with Gasteiger partial charge in [-0.2, -0.15) is 0 Å². The third-order valence-corrected chi connectivity index (χ3v) is 4.46. The van der Waals surface area contributed by atoms with Crippen LogP contribution >= 0.6 is 22.6 Å². The number of morpholine rings is 1. The van der Waals surface area contributed by atoms with Crippen molar-refractivity contribution in [1.29, 1.82) is 0 Å². The Kier molecular flexibility index (Phi) is 7.14. The molecule has 2 aromatic rings. The largest absolute Gasteiger partial charge is 0.486 e. The van der Waals surface area contributed by atoms with Crippen molar-refractivity contribution in [2.45, 2.75) is 12.2 Å². The van der Waals surface area contributed by atoms with Gasteiger partial charge in [0.05, 0.1) is 6.61 Å². The van der Waals surface area contributed by atoms with Gasteiger partial charge in [0.1, 0.15) is 12.7 Å². The molecule has 3 rings (SSSR count). The number of hydrogen-bond acceptors (Lipinski definition) is 4. The number of nitrogens with one attached hydrogen (secondary N) is 1. The van der Waals surface area contributed by atoms with Gasteiger partial charge >= 0.3 is 0 Å². The topological polar surface area (TPSA) is 39.7 Å². The Bertz CT molecular complexity index is 672. The van der Waals surface area contributed by atoms with Crippen molar-refractivity contribution in [3.05, 3.63) is 70.3 Å². The van der Waals surface area contributed by atoms with E-state index in [1.165, 1.54) is 0 Å². The second-order valence-corrected chi connectivity index (χ2v) is 6.40. The number of benzene rings is 2. The Morgan fingerprint density at radius 2 is 1.88 bits per heavy atom. The van der Waals surface area contributed by atoms with Crippen molar-refractivity contribution in [3.8, 4) is 11.5 Å². The van der Waals surface area contributed by atoms with E-state index in [4.69, 9.17) is 14.2 Å². The van der Waals surface area contributed by atoms with Gasteiger partial charge in [-0.1, -0.05) is 65.1 Å². The fraction of sp³-hybridized carbons (Fsp3) is 0.300. The molecule has 1 saturated heterocycles. The minimum absolute atomic E-state index is 0.0431. The molecule has 0 spiro atoms. The van der Waals surface area contributed by atoms with Gasteiger partial charge in [0.15, 0.2) is 17.6 Å². The Hall–Kier alpha value is -1.57. The highest BCUT2D eigenvalue weighted by Gasteiger charge is 2.28. The predicted molar refractivity (Wildman–Crippen MR) is 108 cm³/mol. The first-order chi connectivity index (χ1) is 12.4. The third-order valence-electron chi connectivity index (χ3n) is 3.95. The molecule has 0 amide bonds. The van der Waals surface area contributed by atoms with E-state index in [-0.39, 0.29) is 12.2 Å². The predicted octanol–water partition coefficient (Wildman–Crippen LogP) is 4.12. The van der Waals surface area contributed by atoms with E-state index in [2.05, 4.69) is 40.0 Å².